The van der Waals surface area contributed by atoms with Gasteiger partial charge in [0.05, 0.1) is 6.61 Å². The van der Waals surface area contributed by atoms with Gasteiger partial charge in [0, 0.05) is 5.56 Å². The second-order valence-corrected chi connectivity index (χ2v) is 3.46. The minimum atomic E-state index is -0.214. The molecule has 1 aromatic carbocycles. The molecular weight excluding hydrogens is 164 g/mol. The molecule has 2 heteroatoms. The van der Waals surface area contributed by atoms with E-state index in [1.54, 1.807) is 0 Å². The molecular formula is C11H15O2. The first-order valence-corrected chi connectivity index (χ1v) is 4.53. The van der Waals surface area contributed by atoms with Gasteiger partial charge >= 0.3 is 0 Å². The third-order valence-corrected chi connectivity index (χ3v) is 1.70. The molecule has 0 aromatic heterocycles. The maximum atomic E-state index is 10.7. The van der Waals surface area contributed by atoms with Crippen LogP contribution < -0.4 is 4.74 Å². The van der Waals surface area contributed by atoms with Crippen LogP contribution in [0.1, 0.15) is 19.4 Å². The van der Waals surface area contributed by atoms with Crippen molar-refractivity contribution < 1.29 is 9.84 Å². The van der Waals surface area contributed by atoms with Gasteiger partial charge in [-0.3, -0.25) is 0 Å². The largest absolute Gasteiger partial charge is 0.493 e. The van der Waals surface area contributed by atoms with Crippen molar-refractivity contribution in [2.45, 2.75) is 20.5 Å². The van der Waals surface area contributed by atoms with Crippen molar-refractivity contribution in [2.75, 3.05) is 6.61 Å². The summed E-state index contributed by atoms with van der Waals surface area (Å²) in [6.07, 6.45) is 0. The third-order valence-electron chi connectivity index (χ3n) is 1.70. The van der Waals surface area contributed by atoms with Gasteiger partial charge < -0.3 is 4.74 Å². The van der Waals surface area contributed by atoms with Gasteiger partial charge in [-0.05, 0) is 12.0 Å². The second kappa shape index (κ2) is 4.87. The van der Waals surface area contributed by atoms with Crippen molar-refractivity contribution in [1.29, 1.82) is 0 Å². The Morgan fingerprint density at radius 1 is 1.31 bits per heavy atom. The fraction of sp³-hybridized carbons (Fsp3) is 0.455. The molecule has 71 valence electrons. The number of benzene rings is 1. The predicted molar refractivity (Wildman–Crippen MR) is 51.2 cm³/mol. The van der Waals surface area contributed by atoms with E-state index in [1.165, 1.54) is 0 Å². The summed E-state index contributed by atoms with van der Waals surface area (Å²) in [5.74, 6) is 1.21. The van der Waals surface area contributed by atoms with Crippen molar-refractivity contribution >= 4 is 0 Å². The van der Waals surface area contributed by atoms with E-state index in [-0.39, 0.29) is 6.61 Å². The minimum absolute atomic E-state index is 0.214. The molecule has 0 spiro atoms. The Kier molecular flexibility index (Phi) is 3.77. The monoisotopic (exact) mass is 179 g/mol. The summed E-state index contributed by atoms with van der Waals surface area (Å²) in [5.41, 5.74) is 0.739. The lowest BCUT2D eigenvalue weighted by molar-refractivity contribution is 0.170. The smallest absolute Gasteiger partial charge is 0.124 e. The molecule has 0 saturated carbocycles. The van der Waals surface area contributed by atoms with Gasteiger partial charge in [0.1, 0.15) is 12.4 Å². The van der Waals surface area contributed by atoms with Crippen LogP contribution in [0.2, 0.25) is 0 Å². The molecule has 0 N–H and O–H groups in total. The highest BCUT2D eigenvalue weighted by molar-refractivity contribution is 5.32. The van der Waals surface area contributed by atoms with Crippen LogP contribution in [0, 0.1) is 5.92 Å². The van der Waals surface area contributed by atoms with Gasteiger partial charge in [0.2, 0.25) is 0 Å². The van der Waals surface area contributed by atoms with E-state index in [4.69, 9.17) is 4.74 Å². The van der Waals surface area contributed by atoms with Crippen LogP contribution in [0.25, 0.3) is 0 Å². The molecule has 0 amide bonds. The molecule has 0 fully saturated rings. The highest BCUT2D eigenvalue weighted by atomic mass is 16.5. The van der Waals surface area contributed by atoms with Gasteiger partial charge in [0.15, 0.2) is 0 Å². The molecule has 0 aliphatic carbocycles. The van der Waals surface area contributed by atoms with E-state index >= 15 is 0 Å². The topological polar surface area (TPSA) is 29.1 Å². The molecule has 0 heterocycles. The second-order valence-electron chi connectivity index (χ2n) is 3.46. The molecule has 1 radical (unpaired) electrons. The summed E-state index contributed by atoms with van der Waals surface area (Å²) < 4.78 is 5.49. The van der Waals surface area contributed by atoms with Crippen LogP contribution in [0.15, 0.2) is 24.3 Å². The molecule has 1 aromatic rings. The van der Waals surface area contributed by atoms with Crippen LogP contribution >= 0.6 is 0 Å². The van der Waals surface area contributed by atoms with Gasteiger partial charge in [-0.25, -0.2) is 5.11 Å². The Morgan fingerprint density at radius 2 is 2.00 bits per heavy atom. The van der Waals surface area contributed by atoms with Crippen molar-refractivity contribution in [3.05, 3.63) is 29.8 Å². The molecule has 0 aliphatic heterocycles. The van der Waals surface area contributed by atoms with Gasteiger partial charge in [-0.1, -0.05) is 32.0 Å². The van der Waals surface area contributed by atoms with Crippen molar-refractivity contribution in [3.8, 4) is 5.75 Å². The normalized spacial score (nSPS) is 10.5. The summed E-state index contributed by atoms with van der Waals surface area (Å²) in [6.45, 7) is 4.62. The molecule has 2 nitrogen and oxygen atoms in total. The number of para-hydroxylation sites is 1. The van der Waals surface area contributed by atoms with Gasteiger partial charge in [-0.2, -0.15) is 0 Å². The molecule has 0 atom stereocenters. The summed E-state index contributed by atoms with van der Waals surface area (Å²) in [4.78, 5) is 0. The van der Waals surface area contributed by atoms with E-state index in [2.05, 4.69) is 13.8 Å². The average molecular weight is 179 g/mol. The van der Waals surface area contributed by atoms with Crippen LogP contribution in [0.4, 0.5) is 0 Å². The Labute approximate surface area is 79.2 Å². The van der Waals surface area contributed by atoms with Crippen molar-refractivity contribution in [2.24, 2.45) is 5.92 Å². The van der Waals surface area contributed by atoms with E-state index < -0.39 is 0 Å². The molecule has 0 aliphatic rings. The summed E-state index contributed by atoms with van der Waals surface area (Å²) in [7, 11) is 0. The first-order valence-electron chi connectivity index (χ1n) is 4.53. The summed E-state index contributed by atoms with van der Waals surface area (Å²) in [6, 6.07) is 7.39. The molecule has 0 unspecified atom stereocenters. The first-order chi connectivity index (χ1) is 6.24. The third kappa shape index (κ3) is 3.07. The molecule has 1 rings (SSSR count). The lowest BCUT2D eigenvalue weighted by atomic mass is 10.2. The lowest BCUT2D eigenvalue weighted by Gasteiger charge is -2.10. The van der Waals surface area contributed by atoms with E-state index in [0.29, 0.717) is 12.5 Å². The number of ether oxygens (including phenoxy) is 1. The lowest BCUT2D eigenvalue weighted by Crippen LogP contribution is -2.05. The van der Waals surface area contributed by atoms with E-state index in [9.17, 15) is 5.11 Å². The summed E-state index contributed by atoms with van der Waals surface area (Å²) >= 11 is 0. The Balaban J connectivity index is 2.64. The van der Waals surface area contributed by atoms with Crippen LogP contribution in [-0.4, -0.2) is 6.61 Å². The fourth-order valence-corrected chi connectivity index (χ4v) is 1.02. The predicted octanol–water partition coefficient (Wildman–Crippen LogP) is 2.65. The maximum absolute atomic E-state index is 10.7. The number of hydrogen-bond donors (Lipinski definition) is 0. The first kappa shape index (κ1) is 10.1. The summed E-state index contributed by atoms with van der Waals surface area (Å²) in [5, 5.41) is 10.7. The van der Waals surface area contributed by atoms with Crippen molar-refractivity contribution in [3.63, 3.8) is 0 Å². The molecule has 0 bridgehead atoms. The van der Waals surface area contributed by atoms with Crippen LogP contribution in [0.5, 0.6) is 5.75 Å². The maximum Gasteiger partial charge on any atom is 0.124 e. The zero-order chi connectivity index (χ0) is 9.68. The Hall–Kier alpha value is -1.02. The zero-order valence-electron chi connectivity index (χ0n) is 8.12. The standard InChI is InChI=1S/C11H15O2/c1-9(2)8-13-11-6-4-3-5-10(11)7-12/h3-6,9H,7-8H2,1-2H3. The van der Waals surface area contributed by atoms with Crippen LogP contribution in [0.3, 0.4) is 0 Å². The van der Waals surface area contributed by atoms with Crippen LogP contribution in [-0.2, 0) is 11.7 Å². The van der Waals surface area contributed by atoms with Gasteiger partial charge in [0.25, 0.3) is 0 Å². The highest BCUT2D eigenvalue weighted by Crippen LogP contribution is 2.18. The molecule has 0 saturated heterocycles. The quantitative estimate of drug-likeness (QED) is 0.698. The Morgan fingerprint density at radius 3 is 2.62 bits per heavy atom. The highest BCUT2D eigenvalue weighted by Gasteiger charge is 2.02. The van der Waals surface area contributed by atoms with E-state index in [1.807, 2.05) is 24.3 Å². The molecule has 13 heavy (non-hydrogen) atoms. The zero-order valence-corrected chi connectivity index (χ0v) is 8.12. The fourth-order valence-electron chi connectivity index (χ4n) is 1.02. The van der Waals surface area contributed by atoms with E-state index in [0.717, 1.165) is 11.3 Å². The Bertz CT molecular complexity index is 256. The van der Waals surface area contributed by atoms with Crippen molar-refractivity contribution in [1.82, 2.24) is 0 Å². The SMILES string of the molecule is CC(C)COc1ccccc1C[O]. The minimum Gasteiger partial charge on any atom is -0.493 e. The number of hydrogen-bond acceptors (Lipinski definition) is 1. The van der Waals surface area contributed by atoms with Gasteiger partial charge in [-0.15, -0.1) is 0 Å². The number of rotatable bonds is 4. The average Bonchev–Trinajstić information content (AvgIpc) is 2.15.